The molecule has 5 heteroatoms. The number of piperazine rings is 1. The molecule has 19 heavy (non-hydrogen) atoms. The van der Waals surface area contributed by atoms with E-state index in [0.29, 0.717) is 12.6 Å². The number of methoxy groups -OCH3 is 2. The Bertz CT molecular complexity index is 425. The Morgan fingerprint density at radius 1 is 1.21 bits per heavy atom. The Hall–Kier alpha value is -1.46. The second-order valence-electron chi connectivity index (χ2n) is 4.86. The third-order valence-electron chi connectivity index (χ3n) is 3.78. The number of likely N-dealkylation sites (N-methyl/N-ethyl adjacent to an activating group) is 1. The second kappa shape index (κ2) is 6.12. The van der Waals surface area contributed by atoms with Gasteiger partial charge in [0.05, 0.1) is 14.2 Å². The minimum absolute atomic E-state index is 0.404. The van der Waals surface area contributed by atoms with Crippen LogP contribution in [0.15, 0.2) is 18.2 Å². The van der Waals surface area contributed by atoms with Gasteiger partial charge in [0.1, 0.15) is 0 Å². The van der Waals surface area contributed by atoms with Crippen molar-refractivity contribution < 1.29 is 9.47 Å². The average molecular weight is 265 g/mol. The fourth-order valence-corrected chi connectivity index (χ4v) is 2.46. The maximum atomic E-state index is 5.82. The predicted octanol–water partition coefficient (Wildman–Crippen LogP) is 0.783. The van der Waals surface area contributed by atoms with E-state index in [1.807, 2.05) is 12.1 Å². The van der Waals surface area contributed by atoms with Crippen LogP contribution in [0.3, 0.4) is 0 Å². The first-order valence-electron chi connectivity index (χ1n) is 6.57. The Morgan fingerprint density at radius 3 is 2.58 bits per heavy atom. The Balaban J connectivity index is 2.17. The largest absolute Gasteiger partial charge is 0.493 e. The molecule has 1 aliphatic rings. The first-order valence-corrected chi connectivity index (χ1v) is 6.57. The molecule has 0 spiro atoms. The highest BCUT2D eigenvalue weighted by molar-refractivity contribution is 5.56. The van der Waals surface area contributed by atoms with Crippen LogP contribution in [0.1, 0.15) is 0 Å². The molecule has 1 aliphatic heterocycles. The van der Waals surface area contributed by atoms with Gasteiger partial charge in [0.15, 0.2) is 11.5 Å². The lowest BCUT2D eigenvalue weighted by atomic mass is 10.1. The van der Waals surface area contributed by atoms with Crippen LogP contribution < -0.4 is 20.1 Å². The predicted molar refractivity (Wildman–Crippen MR) is 77.2 cm³/mol. The van der Waals surface area contributed by atoms with Crippen LogP contribution in [0.2, 0.25) is 0 Å². The summed E-state index contributed by atoms with van der Waals surface area (Å²) >= 11 is 0. The van der Waals surface area contributed by atoms with Gasteiger partial charge in [-0.15, -0.1) is 0 Å². The molecule has 0 amide bonds. The van der Waals surface area contributed by atoms with Gasteiger partial charge in [-0.25, -0.2) is 0 Å². The highest BCUT2D eigenvalue weighted by atomic mass is 16.5. The number of hydrogen-bond acceptors (Lipinski definition) is 5. The third kappa shape index (κ3) is 2.93. The molecule has 0 radical (unpaired) electrons. The normalized spacial score (nSPS) is 20.4. The number of benzene rings is 1. The summed E-state index contributed by atoms with van der Waals surface area (Å²) < 4.78 is 10.6. The molecule has 2 N–H and O–H groups in total. The van der Waals surface area contributed by atoms with Crippen molar-refractivity contribution in [3.8, 4) is 11.5 Å². The molecule has 0 aromatic heterocycles. The topological polar surface area (TPSA) is 51.0 Å². The molecule has 1 unspecified atom stereocenters. The zero-order valence-corrected chi connectivity index (χ0v) is 11.9. The van der Waals surface area contributed by atoms with Gasteiger partial charge < -0.3 is 20.1 Å². The monoisotopic (exact) mass is 265 g/mol. The van der Waals surface area contributed by atoms with E-state index in [4.69, 9.17) is 15.2 Å². The van der Waals surface area contributed by atoms with Crippen molar-refractivity contribution in [2.75, 3.05) is 52.3 Å². The van der Waals surface area contributed by atoms with E-state index in [2.05, 4.69) is 22.9 Å². The minimum Gasteiger partial charge on any atom is -0.493 e. The molecule has 1 aromatic rings. The quantitative estimate of drug-likeness (QED) is 0.872. The van der Waals surface area contributed by atoms with Crippen LogP contribution in [0.4, 0.5) is 5.69 Å². The van der Waals surface area contributed by atoms with E-state index in [1.165, 1.54) is 0 Å². The van der Waals surface area contributed by atoms with Crippen LogP contribution in [0.5, 0.6) is 11.5 Å². The van der Waals surface area contributed by atoms with Crippen LogP contribution in [-0.2, 0) is 0 Å². The van der Waals surface area contributed by atoms with Gasteiger partial charge >= 0.3 is 0 Å². The second-order valence-corrected chi connectivity index (χ2v) is 4.86. The van der Waals surface area contributed by atoms with Crippen LogP contribution in [0, 0.1) is 0 Å². The molecule has 1 saturated heterocycles. The van der Waals surface area contributed by atoms with Crippen LogP contribution in [0.25, 0.3) is 0 Å². The molecule has 1 fully saturated rings. The van der Waals surface area contributed by atoms with Gasteiger partial charge in [0, 0.05) is 44.0 Å². The lowest BCUT2D eigenvalue weighted by molar-refractivity contribution is 0.224. The van der Waals surface area contributed by atoms with E-state index in [1.54, 1.807) is 14.2 Å². The van der Waals surface area contributed by atoms with Gasteiger partial charge in [-0.2, -0.15) is 0 Å². The molecule has 5 nitrogen and oxygen atoms in total. The van der Waals surface area contributed by atoms with Crippen LogP contribution >= 0.6 is 0 Å². The van der Waals surface area contributed by atoms with E-state index in [0.717, 1.165) is 36.8 Å². The smallest absolute Gasteiger partial charge is 0.162 e. The average Bonchev–Trinajstić information content (AvgIpc) is 2.47. The highest BCUT2D eigenvalue weighted by Crippen LogP contribution is 2.32. The Kier molecular flexibility index (Phi) is 4.50. The van der Waals surface area contributed by atoms with Crippen molar-refractivity contribution in [1.82, 2.24) is 4.90 Å². The van der Waals surface area contributed by atoms with Gasteiger partial charge in [0.25, 0.3) is 0 Å². The first-order chi connectivity index (χ1) is 9.19. The van der Waals surface area contributed by atoms with Gasteiger partial charge in [0.2, 0.25) is 0 Å². The molecule has 1 heterocycles. The van der Waals surface area contributed by atoms with Crippen molar-refractivity contribution in [3.63, 3.8) is 0 Å². The van der Waals surface area contributed by atoms with E-state index in [9.17, 15) is 0 Å². The summed E-state index contributed by atoms with van der Waals surface area (Å²) in [6.45, 7) is 3.65. The molecule has 0 bridgehead atoms. The van der Waals surface area contributed by atoms with Crippen molar-refractivity contribution in [2.24, 2.45) is 5.73 Å². The number of nitrogens with zero attached hydrogens (tertiary/aromatic N) is 2. The summed E-state index contributed by atoms with van der Waals surface area (Å²) in [6.07, 6.45) is 0. The minimum atomic E-state index is 0.404. The van der Waals surface area contributed by atoms with Gasteiger partial charge in [-0.05, 0) is 19.2 Å². The van der Waals surface area contributed by atoms with Crippen molar-refractivity contribution >= 4 is 5.69 Å². The van der Waals surface area contributed by atoms with Crippen molar-refractivity contribution in [1.29, 1.82) is 0 Å². The van der Waals surface area contributed by atoms with Crippen LogP contribution in [-0.4, -0.2) is 58.4 Å². The lowest BCUT2D eigenvalue weighted by Gasteiger charge is -2.40. The first kappa shape index (κ1) is 14.0. The maximum Gasteiger partial charge on any atom is 0.162 e. The Morgan fingerprint density at radius 2 is 1.95 bits per heavy atom. The third-order valence-corrected chi connectivity index (χ3v) is 3.78. The highest BCUT2D eigenvalue weighted by Gasteiger charge is 2.23. The molecule has 106 valence electrons. The number of anilines is 1. The zero-order chi connectivity index (χ0) is 13.8. The van der Waals surface area contributed by atoms with E-state index < -0.39 is 0 Å². The van der Waals surface area contributed by atoms with E-state index >= 15 is 0 Å². The number of rotatable bonds is 4. The molecule has 0 saturated carbocycles. The maximum absolute atomic E-state index is 5.82. The van der Waals surface area contributed by atoms with Crippen molar-refractivity contribution in [3.05, 3.63) is 18.2 Å². The van der Waals surface area contributed by atoms with Gasteiger partial charge in [-0.3, -0.25) is 4.90 Å². The molecule has 1 aromatic carbocycles. The number of ether oxygens (including phenoxy) is 2. The fourth-order valence-electron chi connectivity index (χ4n) is 2.46. The summed E-state index contributed by atoms with van der Waals surface area (Å²) in [5, 5.41) is 0. The fraction of sp³-hybridized carbons (Fsp3) is 0.571. The summed E-state index contributed by atoms with van der Waals surface area (Å²) in [5.41, 5.74) is 6.98. The van der Waals surface area contributed by atoms with Gasteiger partial charge in [-0.1, -0.05) is 0 Å². The SMILES string of the molecule is COc1ccc(N2CCN(C)C(CN)C2)cc1OC. The van der Waals surface area contributed by atoms with E-state index in [-0.39, 0.29) is 0 Å². The number of nitrogens with two attached hydrogens (primary N) is 1. The summed E-state index contributed by atoms with van der Waals surface area (Å²) in [4.78, 5) is 4.66. The Labute approximate surface area is 114 Å². The number of hydrogen-bond donors (Lipinski definition) is 1. The molecule has 1 atom stereocenters. The summed E-state index contributed by atoms with van der Waals surface area (Å²) in [5.74, 6) is 1.53. The molecule has 2 rings (SSSR count). The summed E-state index contributed by atoms with van der Waals surface area (Å²) in [6, 6.07) is 6.45. The zero-order valence-electron chi connectivity index (χ0n) is 11.9. The van der Waals surface area contributed by atoms with Crippen molar-refractivity contribution in [2.45, 2.75) is 6.04 Å². The molecular weight excluding hydrogens is 242 g/mol. The molecular formula is C14H23N3O2. The molecule has 0 aliphatic carbocycles. The lowest BCUT2D eigenvalue weighted by Crippen LogP contribution is -2.54. The standard InChI is InChI=1S/C14H23N3O2/c1-16-6-7-17(10-12(16)9-15)11-4-5-13(18-2)14(8-11)19-3/h4-5,8,12H,6-7,9-10,15H2,1-3H3. The summed E-state index contributed by atoms with van der Waals surface area (Å²) in [7, 11) is 5.44.